The van der Waals surface area contributed by atoms with E-state index in [9.17, 15) is 9.59 Å². The Labute approximate surface area is 129 Å². The monoisotopic (exact) mass is 310 g/mol. The number of nitrogens with one attached hydrogen (secondary N) is 1. The second-order valence-electron chi connectivity index (χ2n) is 4.87. The lowest BCUT2D eigenvalue weighted by Crippen LogP contribution is -2.43. The van der Waals surface area contributed by atoms with Crippen LogP contribution in [0.5, 0.6) is 5.75 Å². The summed E-state index contributed by atoms with van der Waals surface area (Å²) >= 11 is 6.06. The molecule has 1 aromatic carbocycles. The van der Waals surface area contributed by atoms with Gasteiger partial charge in [-0.15, -0.1) is 0 Å². The summed E-state index contributed by atoms with van der Waals surface area (Å²) in [5.41, 5.74) is 0. The Morgan fingerprint density at radius 1 is 1.43 bits per heavy atom. The molecule has 1 aromatic rings. The van der Waals surface area contributed by atoms with E-state index in [4.69, 9.17) is 16.3 Å². The molecule has 0 spiro atoms. The Hall–Kier alpha value is -1.75. The van der Waals surface area contributed by atoms with Crippen LogP contribution >= 0.6 is 11.6 Å². The molecule has 1 heterocycles. The average molecular weight is 311 g/mol. The highest BCUT2D eigenvalue weighted by Crippen LogP contribution is 2.25. The van der Waals surface area contributed by atoms with E-state index < -0.39 is 6.10 Å². The quantitative estimate of drug-likeness (QED) is 0.923. The number of carbonyl (C=O) groups is 2. The van der Waals surface area contributed by atoms with Gasteiger partial charge in [-0.1, -0.05) is 30.7 Å². The van der Waals surface area contributed by atoms with Gasteiger partial charge in [0.2, 0.25) is 5.91 Å². The van der Waals surface area contributed by atoms with E-state index in [2.05, 4.69) is 5.32 Å². The first kappa shape index (κ1) is 15.6. The van der Waals surface area contributed by atoms with E-state index in [0.29, 0.717) is 43.2 Å². The number of amides is 2. The molecular weight excluding hydrogens is 292 g/mol. The fourth-order valence-electron chi connectivity index (χ4n) is 2.19. The molecule has 2 rings (SSSR count). The van der Waals surface area contributed by atoms with Crippen LogP contribution in [0.1, 0.15) is 19.8 Å². The second kappa shape index (κ2) is 7.31. The van der Waals surface area contributed by atoms with E-state index in [1.54, 1.807) is 17.0 Å². The zero-order chi connectivity index (χ0) is 15.2. The fraction of sp³-hybridized carbons (Fsp3) is 0.467. The van der Waals surface area contributed by atoms with Gasteiger partial charge in [-0.25, -0.2) is 0 Å². The van der Waals surface area contributed by atoms with Crippen molar-refractivity contribution >= 4 is 23.4 Å². The number of nitrogens with zero attached hydrogens (tertiary/aromatic N) is 1. The number of hydrogen-bond donors (Lipinski definition) is 1. The molecule has 2 amide bonds. The lowest BCUT2D eigenvalue weighted by Gasteiger charge is -2.25. The zero-order valence-corrected chi connectivity index (χ0v) is 12.7. The summed E-state index contributed by atoms with van der Waals surface area (Å²) in [6.45, 7) is 3.30. The van der Waals surface area contributed by atoms with Crippen molar-refractivity contribution in [3.63, 3.8) is 0 Å². The maximum atomic E-state index is 12.5. The smallest absolute Gasteiger partial charge is 0.263 e. The predicted molar refractivity (Wildman–Crippen MR) is 80.4 cm³/mol. The van der Waals surface area contributed by atoms with Crippen molar-refractivity contribution in [3.05, 3.63) is 29.3 Å². The lowest BCUT2D eigenvalue weighted by atomic mass is 10.2. The molecule has 1 atom stereocenters. The molecule has 114 valence electrons. The summed E-state index contributed by atoms with van der Waals surface area (Å²) < 4.78 is 5.75. The van der Waals surface area contributed by atoms with Crippen molar-refractivity contribution in [1.29, 1.82) is 0 Å². The zero-order valence-electron chi connectivity index (χ0n) is 12.0. The molecule has 0 aromatic heterocycles. The Morgan fingerprint density at radius 2 is 2.19 bits per heavy atom. The maximum absolute atomic E-state index is 12.5. The van der Waals surface area contributed by atoms with Gasteiger partial charge >= 0.3 is 0 Å². The number of para-hydroxylation sites is 1. The summed E-state index contributed by atoms with van der Waals surface area (Å²) in [5.74, 6) is 0.377. The van der Waals surface area contributed by atoms with Crippen LogP contribution in [0.15, 0.2) is 24.3 Å². The minimum absolute atomic E-state index is 0.0228. The largest absolute Gasteiger partial charge is 0.479 e. The molecule has 1 fully saturated rings. The molecule has 21 heavy (non-hydrogen) atoms. The van der Waals surface area contributed by atoms with Gasteiger partial charge in [-0.3, -0.25) is 9.59 Å². The van der Waals surface area contributed by atoms with Crippen molar-refractivity contribution in [3.8, 4) is 5.75 Å². The van der Waals surface area contributed by atoms with Crippen molar-refractivity contribution in [2.75, 3.05) is 19.6 Å². The number of halogens is 1. The highest BCUT2D eigenvalue weighted by Gasteiger charge is 2.26. The van der Waals surface area contributed by atoms with Crippen LogP contribution in [-0.2, 0) is 9.59 Å². The van der Waals surface area contributed by atoms with Crippen LogP contribution in [0.2, 0.25) is 5.02 Å². The molecular formula is C15H19ClN2O3. The Kier molecular flexibility index (Phi) is 5.44. The van der Waals surface area contributed by atoms with E-state index in [0.717, 1.165) is 0 Å². The third-order valence-electron chi connectivity index (χ3n) is 3.38. The molecule has 0 bridgehead atoms. The summed E-state index contributed by atoms with van der Waals surface area (Å²) in [6.07, 6.45) is 0.286. The van der Waals surface area contributed by atoms with Gasteiger partial charge in [0.15, 0.2) is 6.10 Å². The minimum Gasteiger partial charge on any atom is -0.479 e. The van der Waals surface area contributed by atoms with Crippen LogP contribution < -0.4 is 10.1 Å². The Bertz CT molecular complexity index is 521. The highest BCUT2D eigenvalue weighted by atomic mass is 35.5. The van der Waals surface area contributed by atoms with Crippen molar-refractivity contribution in [1.82, 2.24) is 10.2 Å². The number of carbonyl (C=O) groups excluding carboxylic acids is 2. The number of ether oxygens (including phenoxy) is 1. The van der Waals surface area contributed by atoms with E-state index in [-0.39, 0.29) is 11.8 Å². The van der Waals surface area contributed by atoms with Gasteiger partial charge in [0.25, 0.3) is 5.91 Å². The van der Waals surface area contributed by atoms with Crippen molar-refractivity contribution < 1.29 is 14.3 Å². The fourth-order valence-corrected chi connectivity index (χ4v) is 2.37. The number of rotatable bonds is 4. The van der Waals surface area contributed by atoms with Gasteiger partial charge < -0.3 is 15.0 Å². The number of benzene rings is 1. The molecule has 1 unspecified atom stereocenters. The Balaban J connectivity index is 2.04. The molecule has 5 nitrogen and oxygen atoms in total. The Morgan fingerprint density at radius 3 is 2.90 bits per heavy atom. The van der Waals surface area contributed by atoms with Crippen molar-refractivity contribution in [2.24, 2.45) is 0 Å². The minimum atomic E-state index is -0.585. The van der Waals surface area contributed by atoms with E-state index in [1.807, 2.05) is 19.1 Å². The van der Waals surface area contributed by atoms with Gasteiger partial charge in [0.05, 0.1) is 5.02 Å². The predicted octanol–water partition coefficient (Wildman–Crippen LogP) is 1.85. The topological polar surface area (TPSA) is 58.6 Å². The maximum Gasteiger partial charge on any atom is 0.263 e. The van der Waals surface area contributed by atoms with Crippen LogP contribution in [0, 0.1) is 0 Å². The second-order valence-corrected chi connectivity index (χ2v) is 5.28. The normalized spacial score (nSPS) is 16.9. The third kappa shape index (κ3) is 4.11. The van der Waals surface area contributed by atoms with Crippen LogP contribution in [0.25, 0.3) is 0 Å². The summed E-state index contributed by atoms with van der Waals surface area (Å²) in [5, 5.41) is 3.23. The summed E-state index contributed by atoms with van der Waals surface area (Å²) in [7, 11) is 0. The van der Waals surface area contributed by atoms with Gasteiger partial charge in [0.1, 0.15) is 5.75 Å². The molecule has 0 radical (unpaired) electrons. The lowest BCUT2D eigenvalue weighted by molar-refractivity contribution is -0.138. The summed E-state index contributed by atoms with van der Waals surface area (Å²) in [6, 6.07) is 7.09. The number of hydrogen-bond acceptors (Lipinski definition) is 3. The van der Waals surface area contributed by atoms with Gasteiger partial charge in [0, 0.05) is 26.1 Å². The van der Waals surface area contributed by atoms with Crippen LogP contribution in [0.3, 0.4) is 0 Å². The molecule has 1 aliphatic rings. The first-order chi connectivity index (χ1) is 10.1. The molecule has 6 heteroatoms. The molecule has 0 saturated carbocycles. The van der Waals surface area contributed by atoms with Gasteiger partial charge in [-0.05, 0) is 18.6 Å². The first-order valence-electron chi connectivity index (χ1n) is 7.08. The highest BCUT2D eigenvalue weighted by molar-refractivity contribution is 6.32. The van der Waals surface area contributed by atoms with Crippen molar-refractivity contribution in [2.45, 2.75) is 25.9 Å². The average Bonchev–Trinajstić information content (AvgIpc) is 2.70. The molecule has 0 aliphatic carbocycles. The molecule has 1 aliphatic heterocycles. The standard InChI is InChI=1S/C15H19ClN2O3/c1-2-12(21-13-6-4-3-5-11(13)16)15(20)18-9-7-14(19)17-8-10-18/h3-6,12H,2,7-10H2,1H3,(H,17,19). The first-order valence-corrected chi connectivity index (χ1v) is 7.46. The van der Waals surface area contributed by atoms with Crippen LogP contribution in [0.4, 0.5) is 0 Å². The molecule has 1 saturated heterocycles. The third-order valence-corrected chi connectivity index (χ3v) is 3.69. The summed E-state index contributed by atoms with van der Waals surface area (Å²) in [4.78, 5) is 25.5. The van der Waals surface area contributed by atoms with E-state index in [1.165, 1.54) is 0 Å². The van der Waals surface area contributed by atoms with E-state index >= 15 is 0 Å². The van der Waals surface area contributed by atoms with Gasteiger partial charge in [-0.2, -0.15) is 0 Å². The van der Waals surface area contributed by atoms with Crippen LogP contribution in [-0.4, -0.2) is 42.5 Å². The SMILES string of the molecule is CCC(Oc1ccccc1Cl)C(=O)N1CCNC(=O)CC1. The molecule has 1 N–H and O–H groups in total.